The number of nitrogens with zero attached hydrogens (tertiary/aromatic N) is 1. The molecule has 0 saturated heterocycles. The molecule has 1 aromatic heterocycles. The van der Waals surface area contributed by atoms with E-state index in [0.29, 0.717) is 13.0 Å². The van der Waals surface area contributed by atoms with Gasteiger partial charge in [0, 0.05) is 24.0 Å². The van der Waals surface area contributed by atoms with E-state index in [1.165, 1.54) is 13.5 Å². The predicted octanol–water partition coefficient (Wildman–Crippen LogP) is 3.08. The summed E-state index contributed by atoms with van der Waals surface area (Å²) in [5.74, 6) is 0.186. The van der Waals surface area contributed by atoms with E-state index in [1.54, 1.807) is 11.3 Å². The molecular weight excluding hydrogens is 338 g/mol. The molecule has 0 radical (unpaired) electrons. The summed E-state index contributed by atoms with van der Waals surface area (Å²) in [4.78, 5) is 25.0. The summed E-state index contributed by atoms with van der Waals surface area (Å²) in [6.07, 6.45) is 4.00. The highest BCUT2D eigenvalue weighted by atomic mass is 32.1. The third kappa shape index (κ3) is 14.6. The topological polar surface area (TPSA) is 94.3 Å². The van der Waals surface area contributed by atoms with Gasteiger partial charge >= 0.3 is 0 Å². The molecule has 1 rings (SSSR count). The highest BCUT2D eigenvalue weighted by Gasteiger charge is 2.18. The average molecular weight is 374 g/mol. The zero-order valence-electron chi connectivity index (χ0n) is 16.5. The van der Waals surface area contributed by atoms with E-state index < -0.39 is 6.04 Å². The van der Waals surface area contributed by atoms with Crippen LogP contribution in [0.1, 0.15) is 57.7 Å². The number of rotatable bonds is 8. The summed E-state index contributed by atoms with van der Waals surface area (Å²) in [5, 5.41) is 6.07. The van der Waals surface area contributed by atoms with Gasteiger partial charge in [-0.25, -0.2) is 4.98 Å². The SMILES string of the molecule is CCC.CCC(C)C(N)C(=O)NCCCc1nc(C)cs1.COC=O. The van der Waals surface area contributed by atoms with Crippen molar-refractivity contribution in [3.05, 3.63) is 16.1 Å². The molecule has 146 valence electrons. The van der Waals surface area contributed by atoms with E-state index in [4.69, 9.17) is 10.5 Å². The van der Waals surface area contributed by atoms with E-state index in [0.717, 1.165) is 30.0 Å². The van der Waals surface area contributed by atoms with Crippen LogP contribution >= 0.6 is 11.3 Å². The highest BCUT2D eigenvalue weighted by Crippen LogP contribution is 2.10. The van der Waals surface area contributed by atoms with Crippen molar-refractivity contribution in [2.75, 3.05) is 13.7 Å². The molecule has 0 bridgehead atoms. The van der Waals surface area contributed by atoms with Gasteiger partial charge < -0.3 is 15.8 Å². The summed E-state index contributed by atoms with van der Waals surface area (Å²) >= 11 is 1.67. The number of carbonyl (C=O) groups excluding carboxylic acids is 2. The van der Waals surface area contributed by atoms with Crippen molar-refractivity contribution in [1.82, 2.24) is 10.3 Å². The maximum absolute atomic E-state index is 11.7. The Morgan fingerprint density at radius 1 is 1.44 bits per heavy atom. The molecule has 25 heavy (non-hydrogen) atoms. The van der Waals surface area contributed by atoms with Gasteiger partial charge in [0.25, 0.3) is 6.47 Å². The lowest BCUT2D eigenvalue weighted by Gasteiger charge is -2.17. The van der Waals surface area contributed by atoms with E-state index in [9.17, 15) is 4.79 Å². The van der Waals surface area contributed by atoms with Gasteiger partial charge in [0.1, 0.15) is 0 Å². The first kappa shape index (κ1) is 25.8. The van der Waals surface area contributed by atoms with Crippen LogP contribution in [0.2, 0.25) is 0 Å². The first-order chi connectivity index (χ1) is 11.9. The summed E-state index contributed by atoms with van der Waals surface area (Å²) in [7, 11) is 1.31. The molecule has 0 fully saturated rings. The maximum atomic E-state index is 11.7. The number of nitrogens with two attached hydrogens (primary N) is 1. The molecule has 6 nitrogen and oxygen atoms in total. The second-order valence-corrected chi connectivity index (χ2v) is 6.67. The van der Waals surface area contributed by atoms with Crippen molar-refractivity contribution in [1.29, 1.82) is 0 Å². The number of nitrogens with one attached hydrogen (secondary N) is 1. The molecule has 1 aromatic rings. The Morgan fingerprint density at radius 3 is 2.40 bits per heavy atom. The Labute approximate surface area is 156 Å². The quantitative estimate of drug-likeness (QED) is 0.539. The van der Waals surface area contributed by atoms with Crippen LogP contribution in [0.15, 0.2) is 5.38 Å². The number of hydrogen-bond donors (Lipinski definition) is 2. The molecular formula is C18H35N3O3S. The van der Waals surface area contributed by atoms with Gasteiger partial charge in [-0.3, -0.25) is 9.59 Å². The number of ether oxygens (including phenoxy) is 1. The molecule has 2 unspecified atom stereocenters. The van der Waals surface area contributed by atoms with Crippen LogP contribution in [0.25, 0.3) is 0 Å². The fourth-order valence-corrected chi connectivity index (χ4v) is 2.42. The molecule has 0 aromatic carbocycles. The number of carbonyl (C=O) groups is 2. The summed E-state index contributed by atoms with van der Waals surface area (Å²) < 4.78 is 3.86. The van der Waals surface area contributed by atoms with Crippen molar-refractivity contribution in [3.63, 3.8) is 0 Å². The van der Waals surface area contributed by atoms with E-state index in [1.807, 2.05) is 26.2 Å². The Balaban J connectivity index is 0. The molecule has 0 saturated carbocycles. The van der Waals surface area contributed by atoms with Crippen LogP contribution < -0.4 is 11.1 Å². The van der Waals surface area contributed by atoms with Crippen LogP contribution in [-0.4, -0.2) is 37.1 Å². The first-order valence-corrected chi connectivity index (χ1v) is 9.66. The summed E-state index contributed by atoms with van der Waals surface area (Å²) in [5.41, 5.74) is 6.91. The monoisotopic (exact) mass is 373 g/mol. The predicted molar refractivity (Wildman–Crippen MR) is 105 cm³/mol. The van der Waals surface area contributed by atoms with Gasteiger partial charge in [-0.2, -0.15) is 0 Å². The molecule has 0 aliphatic carbocycles. The van der Waals surface area contributed by atoms with Gasteiger partial charge in [-0.1, -0.05) is 40.5 Å². The molecule has 3 N–H and O–H groups in total. The van der Waals surface area contributed by atoms with Crippen molar-refractivity contribution in [2.45, 2.75) is 66.3 Å². The summed E-state index contributed by atoms with van der Waals surface area (Å²) in [6, 6.07) is -0.392. The summed E-state index contributed by atoms with van der Waals surface area (Å²) in [6.45, 7) is 11.3. The first-order valence-electron chi connectivity index (χ1n) is 8.78. The zero-order chi connectivity index (χ0) is 19.7. The number of hydrogen-bond acceptors (Lipinski definition) is 6. The van der Waals surface area contributed by atoms with Crippen LogP contribution in [0.4, 0.5) is 0 Å². The number of amides is 1. The molecule has 0 spiro atoms. The minimum Gasteiger partial charge on any atom is -0.471 e. The van der Waals surface area contributed by atoms with Crippen molar-refractivity contribution >= 4 is 23.7 Å². The lowest BCUT2D eigenvalue weighted by atomic mass is 9.99. The third-order valence-electron chi connectivity index (χ3n) is 3.19. The number of thiazole rings is 1. The van der Waals surface area contributed by atoms with Gasteiger partial charge in [0.2, 0.25) is 5.91 Å². The minimum absolute atomic E-state index is 0.0420. The van der Waals surface area contributed by atoms with Gasteiger partial charge in [0.15, 0.2) is 0 Å². The van der Waals surface area contributed by atoms with E-state index >= 15 is 0 Å². The highest BCUT2D eigenvalue weighted by molar-refractivity contribution is 7.09. The lowest BCUT2D eigenvalue weighted by molar-refractivity contribution is -0.126. The molecule has 7 heteroatoms. The van der Waals surface area contributed by atoms with E-state index in [2.05, 4.69) is 28.9 Å². The smallest absolute Gasteiger partial charge is 0.292 e. The van der Waals surface area contributed by atoms with Crippen LogP contribution in [0, 0.1) is 12.8 Å². The second-order valence-electron chi connectivity index (χ2n) is 5.73. The van der Waals surface area contributed by atoms with Gasteiger partial charge in [0.05, 0.1) is 18.2 Å². The minimum atomic E-state index is -0.392. The third-order valence-corrected chi connectivity index (χ3v) is 4.22. The largest absolute Gasteiger partial charge is 0.471 e. The molecule has 0 aliphatic rings. The standard InChI is InChI=1S/C13H23N3OS.C3H8.C2H4O2/c1-4-9(2)12(14)13(17)15-7-5-6-11-16-10(3)8-18-11;1-3-2;1-4-2-3/h8-9,12H,4-7,14H2,1-3H3,(H,15,17);3H2,1-2H3;2H,1H3. The van der Waals surface area contributed by atoms with Crippen LogP contribution in [0.5, 0.6) is 0 Å². The number of aryl methyl sites for hydroxylation is 2. The fraction of sp³-hybridized carbons (Fsp3) is 0.722. The Hall–Kier alpha value is -1.47. The van der Waals surface area contributed by atoms with Crippen molar-refractivity contribution in [3.8, 4) is 0 Å². The van der Waals surface area contributed by atoms with Gasteiger partial charge in [-0.05, 0) is 19.3 Å². The zero-order valence-corrected chi connectivity index (χ0v) is 17.3. The molecule has 0 aliphatic heterocycles. The van der Waals surface area contributed by atoms with Crippen molar-refractivity contribution < 1.29 is 14.3 Å². The average Bonchev–Trinajstić information content (AvgIpc) is 3.03. The van der Waals surface area contributed by atoms with Crippen molar-refractivity contribution in [2.24, 2.45) is 11.7 Å². The molecule has 2 atom stereocenters. The second kappa shape index (κ2) is 17.4. The van der Waals surface area contributed by atoms with Gasteiger partial charge in [-0.15, -0.1) is 11.3 Å². The van der Waals surface area contributed by atoms with E-state index in [-0.39, 0.29) is 11.8 Å². The Kier molecular flexibility index (Phi) is 17.9. The van der Waals surface area contributed by atoms with Crippen LogP contribution in [-0.2, 0) is 20.7 Å². The lowest BCUT2D eigenvalue weighted by Crippen LogP contribution is -2.44. The Morgan fingerprint density at radius 2 is 2.00 bits per heavy atom. The maximum Gasteiger partial charge on any atom is 0.292 e. The molecule has 1 heterocycles. The fourth-order valence-electron chi connectivity index (χ4n) is 1.60. The Bertz CT molecular complexity index is 453. The number of aromatic nitrogens is 1. The normalized spacial score (nSPS) is 11.8. The van der Waals surface area contributed by atoms with Crippen LogP contribution in [0.3, 0.4) is 0 Å². The molecule has 1 amide bonds. The number of methoxy groups -OCH3 is 1.